The number of pyridine rings is 1. The zero-order valence-corrected chi connectivity index (χ0v) is 13.4. The SMILES string of the molecule is Cc1nc(-n2cnnc2)ccc1CC[C@H]1COc2ccccc2O1. The third-order valence-electron chi connectivity index (χ3n) is 4.17. The predicted octanol–water partition coefficient (Wildman–Crippen LogP) is 2.74. The fourth-order valence-electron chi connectivity index (χ4n) is 2.83. The molecule has 0 amide bonds. The summed E-state index contributed by atoms with van der Waals surface area (Å²) in [6, 6.07) is 11.9. The van der Waals surface area contributed by atoms with Crippen molar-refractivity contribution in [3.8, 4) is 17.3 Å². The molecule has 0 spiro atoms. The van der Waals surface area contributed by atoms with Gasteiger partial charge in [-0.05, 0) is 43.5 Å². The number of para-hydroxylation sites is 2. The fraction of sp³-hybridized carbons (Fsp3) is 0.278. The number of aromatic nitrogens is 4. The van der Waals surface area contributed by atoms with Crippen LogP contribution < -0.4 is 9.47 Å². The third-order valence-corrected chi connectivity index (χ3v) is 4.17. The summed E-state index contributed by atoms with van der Waals surface area (Å²) in [6.07, 6.45) is 5.15. The van der Waals surface area contributed by atoms with E-state index < -0.39 is 0 Å². The number of hydrogen-bond acceptors (Lipinski definition) is 5. The Labute approximate surface area is 140 Å². The molecule has 4 rings (SSSR count). The van der Waals surface area contributed by atoms with Crippen molar-refractivity contribution < 1.29 is 9.47 Å². The van der Waals surface area contributed by atoms with Gasteiger partial charge in [0.1, 0.15) is 31.2 Å². The van der Waals surface area contributed by atoms with Crippen molar-refractivity contribution in [1.29, 1.82) is 0 Å². The Balaban J connectivity index is 1.41. The Hall–Kier alpha value is -2.89. The van der Waals surface area contributed by atoms with E-state index in [-0.39, 0.29) is 6.10 Å². The lowest BCUT2D eigenvalue weighted by Gasteiger charge is -2.26. The topological polar surface area (TPSA) is 62.1 Å². The molecule has 0 N–H and O–H groups in total. The van der Waals surface area contributed by atoms with Crippen molar-refractivity contribution in [3.05, 3.63) is 60.3 Å². The fourth-order valence-corrected chi connectivity index (χ4v) is 2.83. The van der Waals surface area contributed by atoms with Crippen molar-refractivity contribution in [3.63, 3.8) is 0 Å². The van der Waals surface area contributed by atoms with Crippen molar-refractivity contribution in [1.82, 2.24) is 19.7 Å². The normalized spacial score (nSPS) is 16.1. The highest BCUT2D eigenvalue weighted by Crippen LogP contribution is 2.31. The van der Waals surface area contributed by atoms with E-state index in [1.807, 2.05) is 37.3 Å². The second-order valence-corrected chi connectivity index (χ2v) is 5.82. The quantitative estimate of drug-likeness (QED) is 0.739. The van der Waals surface area contributed by atoms with E-state index in [2.05, 4.69) is 21.2 Å². The largest absolute Gasteiger partial charge is 0.486 e. The average Bonchev–Trinajstić information content (AvgIpc) is 3.15. The maximum Gasteiger partial charge on any atom is 0.161 e. The lowest BCUT2D eigenvalue weighted by Crippen LogP contribution is -2.29. The van der Waals surface area contributed by atoms with Gasteiger partial charge in [0.2, 0.25) is 0 Å². The van der Waals surface area contributed by atoms with Crippen LogP contribution in [0.25, 0.3) is 5.82 Å². The number of aryl methyl sites for hydroxylation is 2. The molecule has 122 valence electrons. The summed E-state index contributed by atoms with van der Waals surface area (Å²) in [5, 5.41) is 7.62. The van der Waals surface area contributed by atoms with Crippen LogP contribution in [-0.2, 0) is 6.42 Å². The van der Waals surface area contributed by atoms with E-state index in [9.17, 15) is 0 Å². The van der Waals surface area contributed by atoms with Crippen molar-refractivity contribution in [2.24, 2.45) is 0 Å². The standard InChI is InChI=1S/C18H18N4O2/c1-13-14(7-9-18(21-13)22-11-19-20-12-22)6-8-15-10-23-16-4-2-3-5-17(16)24-15/h2-5,7,9,11-12,15H,6,8,10H2,1H3/t15-/m0/s1. The summed E-state index contributed by atoms with van der Waals surface area (Å²) < 4.78 is 13.6. The second-order valence-electron chi connectivity index (χ2n) is 5.82. The molecule has 3 heterocycles. The third kappa shape index (κ3) is 2.95. The van der Waals surface area contributed by atoms with Gasteiger partial charge in [0, 0.05) is 5.69 Å². The summed E-state index contributed by atoms with van der Waals surface area (Å²) in [7, 11) is 0. The monoisotopic (exact) mass is 322 g/mol. The van der Waals surface area contributed by atoms with Crippen LogP contribution in [0, 0.1) is 6.92 Å². The maximum absolute atomic E-state index is 6.01. The summed E-state index contributed by atoms with van der Waals surface area (Å²) in [5.41, 5.74) is 2.23. The molecule has 0 bridgehead atoms. The molecule has 24 heavy (non-hydrogen) atoms. The highest BCUT2D eigenvalue weighted by atomic mass is 16.6. The minimum atomic E-state index is 0.0665. The number of benzene rings is 1. The molecule has 6 nitrogen and oxygen atoms in total. The van der Waals surface area contributed by atoms with E-state index in [1.54, 1.807) is 17.2 Å². The van der Waals surface area contributed by atoms with E-state index in [1.165, 1.54) is 5.56 Å². The lowest BCUT2D eigenvalue weighted by atomic mass is 10.1. The smallest absolute Gasteiger partial charge is 0.161 e. The molecule has 0 aliphatic carbocycles. The number of ether oxygens (including phenoxy) is 2. The van der Waals surface area contributed by atoms with Gasteiger partial charge in [-0.3, -0.25) is 4.57 Å². The first kappa shape index (κ1) is 14.7. The van der Waals surface area contributed by atoms with Gasteiger partial charge in [0.25, 0.3) is 0 Å². The molecular weight excluding hydrogens is 304 g/mol. The van der Waals surface area contributed by atoms with Gasteiger partial charge in [-0.1, -0.05) is 18.2 Å². The van der Waals surface area contributed by atoms with Gasteiger partial charge in [0.15, 0.2) is 11.5 Å². The van der Waals surface area contributed by atoms with E-state index in [0.29, 0.717) is 6.61 Å². The minimum Gasteiger partial charge on any atom is -0.486 e. The van der Waals surface area contributed by atoms with Crippen LogP contribution >= 0.6 is 0 Å². The Morgan fingerprint density at radius 2 is 1.88 bits per heavy atom. The summed E-state index contributed by atoms with van der Waals surface area (Å²) in [6.45, 7) is 2.61. The number of fused-ring (bicyclic) bond motifs is 1. The van der Waals surface area contributed by atoms with E-state index >= 15 is 0 Å². The van der Waals surface area contributed by atoms with Gasteiger partial charge in [-0.25, -0.2) is 4.98 Å². The number of hydrogen-bond donors (Lipinski definition) is 0. The highest BCUT2D eigenvalue weighted by molar-refractivity contribution is 5.40. The van der Waals surface area contributed by atoms with Gasteiger partial charge < -0.3 is 9.47 Å². The molecule has 2 aromatic heterocycles. The summed E-state index contributed by atoms with van der Waals surface area (Å²) in [4.78, 5) is 4.63. The van der Waals surface area contributed by atoms with Crippen LogP contribution in [0.2, 0.25) is 0 Å². The zero-order valence-electron chi connectivity index (χ0n) is 13.4. The first-order valence-electron chi connectivity index (χ1n) is 7.99. The number of nitrogens with zero attached hydrogens (tertiary/aromatic N) is 4. The Bertz CT molecular complexity index is 833. The van der Waals surface area contributed by atoms with Crippen LogP contribution in [0.3, 0.4) is 0 Å². The molecular formula is C18H18N4O2. The Morgan fingerprint density at radius 3 is 2.67 bits per heavy atom. The van der Waals surface area contributed by atoms with Gasteiger partial charge in [-0.2, -0.15) is 0 Å². The van der Waals surface area contributed by atoms with E-state index in [4.69, 9.17) is 9.47 Å². The van der Waals surface area contributed by atoms with Crippen LogP contribution in [0.1, 0.15) is 17.7 Å². The van der Waals surface area contributed by atoms with Gasteiger partial charge in [0.05, 0.1) is 0 Å². The highest BCUT2D eigenvalue weighted by Gasteiger charge is 2.20. The molecule has 1 atom stereocenters. The van der Waals surface area contributed by atoms with Crippen LogP contribution in [0.15, 0.2) is 49.1 Å². The van der Waals surface area contributed by atoms with Crippen LogP contribution in [0.4, 0.5) is 0 Å². The summed E-state index contributed by atoms with van der Waals surface area (Å²) >= 11 is 0. The van der Waals surface area contributed by atoms with Gasteiger partial charge >= 0.3 is 0 Å². The molecule has 0 radical (unpaired) electrons. The molecule has 1 aromatic carbocycles. The Morgan fingerprint density at radius 1 is 1.08 bits per heavy atom. The van der Waals surface area contributed by atoms with Crippen molar-refractivity contribution in [2.45, 2.75) is 25.9 Å². The lowest BCUT2D eigenvalue weighted by molar-refractivity contribution is 0.0851. The average molecular weight is 322 g/mol. The van der Waals surface area contributed by atoms with Crippen molar-refractivity contribution >= 4 is 0 Å². The second kappa shape index (κ2) is 6.31. The molecule has 0 fully saturated rings. The predicted molar refractivity (Wildman–Crippen MR) is 88.6 cm³/mol. The molecule has 3 aromatic rings. The first-order valence-corrected chi connectivity index (χ1v) is 7.99. The van der Waals surface area contributed by atoms with Crippen LogP contribution in [-0.4, -0.2) is 32.5 Å². The first-order chi connectivity index (χ1) is 11.8. The summed E-state index contributed by atoms with van der Waals surface area (Å²) in [5.74, 6) is 2.48. The van der Waals surface area contributed by atoms with Crippen LogP contribution in [0.5, 0.6) is 11.5 Å². The molecule has 0 saturated carbocycles. The molecule has 0 unspecified atom stereocenters. The van der Waals surface area contributed by atoms with Crippen molar-refractivity contribution in [2.75, 3.05) is 6.61 Å². The van der Waals surface area contributed by atoms with E-state index in [0.717, 1.165) is 35.9 Å². The number of rotatable bonds is 4. The molecule has 6 heteroatoms. The molecule has 0 saturated heterocycles. The Kier molecular flexibility index (Phi) is 3.86. The molecule has 1 aliphatic heterocycles. The zero-order chi connectivity index (χ0) is 16.4. The maximum atomic E-state index is 6.01. The molecule has 1 aliphatic rings. The minimum absolute atomic E-state index is 0.0665. The van der Waals surface area contributed by atoms with Gasteiger partial charge in [-0.15, -0.1) is 10.2 Å².